The summed E-state index contributed by atoms with van der Waals surface area (Å²) in [5, 5.41) is 9.36. The molecule has 0 bridgehead atoms. The molecule has 0 unspecified atom stereocenters. The fraction of sp³-hybridized carbons (Fsp3) is 0.154. The van der Waals surface area contributed by atoms with E-state index in [-0.39, 0.29) is 42.1 Å². The Labute approximate surface area is 197 Å². The lowest BCUT2D eigenvalue weighted by molar-refractivity contribution is -0.138. The highest BCUT2D eigenvalue weighted by Gasteiger charge is 2.34. The van der Waals surface area contributed by atoms with Gasteiger partial charge in [-0.05, 0) is 47.5 Å². The maximum absolute atomic E-state index is 14.1. The fourth-order valence-electron chi connectivity index (χ4n) is 3.77. The van der Waals surface area contributed by atoms with Crippen LogP contribution in [0.3, 0.4) is 0 Å². The van der Waals surface area contributed by atoms with Crippen LogP contribution >= 0.6 is 0 Å². The molecule has 0 spiro atoms. The minimum atomic E-state index is -4.73. The lowest BCUT2D eigenvalue weighted by atomic mass is 9.98. The number of halogens is 4. The van der Waals surface area contributed by atoms with Crippen LogP contribution in [0.5, 0.6) is 5.75 Å². The molecular formula is C26H19F4NO4. The maximum atomic E-state index is 14.1. The Morgan fingerprint density at radius 1 is 0.943 bits per heavy atom. The van der Waals surface area contributed by atoms with E-state index >= 15 is 0 Å². The molecule has 0 aliphatic carbocycles. The number of carboxylic acid groups (broad SMARTS) is 1. The van der Waals surface area contributed by atoms with Gasteiger partial charge in [0.25, 0.3) is 0 Å². The maximum Gasteiger partial charge on any atom is 0.417 e. The quantitative estimate of drug-likeness (QED) is 0.217. The molecular weight excluding hydrogens is 466 g/mol. The first-order valence-electron chi connectivity index (χ1n) is 10.6. The van der Waals surface area contributed by atoms with Crippen molar-refractivity contribution >= 4 is 22.7 Å². The topological polar surface area (TPSA) is 79.4 Å². The minimum Gasteiger partial charge on any atom is -0.489 e. The predicted octanol–water partition coefficient (Wildman–Crippen LogP) is 6.62. The van der Waals surface area contributed by atoms with Crippen molar-refractivity contribution in [3.8, 4) is 16.9 Å². The molecule has 0 saturated heterocycles. The number of alkyl halides is 3. The van der Waals surface area contributed by atoms with Crippen molar-refractivity contribution in [2.75, 3.05) is 0 Å². The van der Waals surface area contributed by atoms with Gasteiger partial charge in [0.2, 0.25) is 0 Å². The summed E-state index contributed by atoms with van der Waals surface area (Å²) in [5.74, 6) is -2.23. The Kier molecular flexibility index (Phi) is 6.59. The standard InChI is InChI=1S/C26H19F4NO4/c27-22-4-2-1-3-18(22)17-7-6-16(12-21(17)26(28,29)30)35-14-15-5-8-23-19(11-15)20(13-31-23)24(32)9-10-25(33)34/h1-8,11-13,31H,9-10,14H2,(H,33,34). The van der Waals surface area contributed by atoms with Crippen LogP contribution in [0.2, 0.25) is 0 Å². The summed E-state index contributed by atoms with van der Waals surface area (Å²) in [6.07, 6.45) is -3.68. The smallest absolute Gasteiger partial charge is 0.417 e. The first-order valence-corrected chi connectivity index (χ1v) is 10.6. The van der Waals surface area contributed by atoms with Crippen LogP contribution in [0.4, 0.5) is 17.6 Å². The SMILES string of the molecule is O=C(O)CCC(=O)c1c[nH]c2ccc(COc3ccc(-c4ccccc4F)c(C(F)(F)F)c3)cc12. The second-order valence-electron chi connectivity index (χ2n) is 7.87. The molecule has 0 aliphatic heterocycles. The lowest BCUT2D eigenvalue weighted by Crippen LogP contribution is -2.08. The molecule has 35 heavy (non-hydrogen) atoms. The van der Waals surface area contributed by atoms with Gasteiger partial charge < -0.3 is 14.8 Å². The van der Waals surface area contributed by atoms with E-state index in [1.54, 1.807) is 18.2 Å². The third-order valence-corrected chi connectivity index (χ3v) is 5.48. The number of aromatic nitrogens is 1. The van der Waals surface area contributed by atoms with E-state index in [9.17, 15) is 27.2 Å². The first-order chi connectivity index (χ1) is 16.6. The van der Waals surface area contributed by atoms with Crippen LogP contribution in [0, 0.1) is 5.82 Å². The monoisotopic (exact) mass is 485 g/mol. The number of hydrogen-bond acceptors (Lipinski definition) is 3. The van der Waals surface area contributed by atoms with E-state index < -0.39 is 23.5 Å². The Balaban J connectivity index is 1.58. The number of aliphatic carboxylic acids is 1. The molecule has 0 saturated carbocycles. The van der Waals surface area contributed by atoms with Gasteiger partial charge in [0.15, 0.2) is 5.78 Å². The van der Waals surface area contributed by atoms with Crippen LogP contribution in [0.1, 0.15) is 34.3 Å². The Morgan fingerprint density at radius 3 is 2.43 bits per heavy atom. The van der Waals surface area contributed by atoms with Gasteiger partial charge in [0, 0.05) is 34.6 Å². The normalized spacial score (nSPS) is 11.5. The van der Waals surface area contributed by atoms with Crippen LogP contribution in [0.15, 0.2) is 66.9 Å². The van der Waals surface area contributed by atoms with Crippen molar-refractivity contribution in [3.05, 3.63) is 89.4 Å². The zero-order valence-corrected chi connectivity index (χ0v) is 18.2. The lowest BCUT2D eigenvalue weighted by Gasteiger charge is -2.16. The van der Waals surface area contributed by atoms with Crippen molar-refractivity contribution in [3.63, 3.8) is 0 Å². The molecule has 5 nitrogen and oxygen atoms in total. The molecule has 0 radical (unpaired) electrons. The van der Waals surface area contributed by atoms with Crippen LogP contribution < -0.4 is 4.74 Å². The number of fused-ring (bicyclic) bond motifs is 1. The number of carbonyl (C=O) groups excluding carboxylic acids is 1. The largest absolute Gasteiger partial charge is 0.489 e. The molecule has 2 N–H and O–H groups in total. The highest BCUT2D eigenvalue weighted by Crippen LogP contribution is 2.40. The highest BCUT2D eigenvalue weighted by atomic mass is 19.4. The molecule has 4 rings (SSSR count). The number of aromatic amines is 1. The molecule has 0 atom stereocenters. The summed E-state index contributed by atoms with van der Waals surface area (Å²) in [5.41, 5.74) is 0.104. The third kappa shape index (κ3) is 5.34. The van der Waals surface area contributed by atoms with Crippen molar-refractivity contribution in [2.45, 2.75) is 25.6 Å². The Hall–Kier alpha value is -4.14. The van der Waals surface area contributed by atoms with Crippen molar-refractivity contribution in [1.82, 2.24) is 4.98 Å². The number of carboxylic acids is 1. The number of ketones is 1. The summed E-state index contributed by atoms with van der Waals surface area (Å²) >= 11 is 0. The van der Waals surface area contributed by atoms with E-state index in [1.165, 1.54) is 36.5 Å². The predicted molar refractivity (Wildman–Crippen MR) is 121 cm³/mol. The van der Waals surface area contributed by atoms with E-state index in [0.29, 0.717) is 22.0 Å². The number of benzene rings is 3. The summed E-state index contributed by atoms with van der Waals surface area (Å²) in [7, 11) is 0. The zero-order valence-electron chi connectivity index (χ0n) is 18.2. The van der Waals surface area contributed by atoms with E-state index in [4.69, 9.17) is 9.84 Å². The van der Waals surface area contributed by atoms with Gasteiger partial charge in [-0.2, -0.15) is 13.2 Å². The molecule has 9 heteroatoms. The van der Waals surface area contributed by atoms with Crippen molar-refractivity contribution in [1.29, 1.82) is 0 Å². The molecule has 0 fully saturated rings. The highest BCUT2D eigenvalue weighted by molar-refractivity contribution is 6.08. The number of hydrogen-bond donors (Lipinski definition) is 2. The number of rotatable bonds is 8. The van der Waals surface area contributed by atoms with Gasteiger partial charge in [0.1, 0.15) is 18.2 Å². The van der Waals surface area contributed by atoms with Crippen LogP contribution in [-0.2, 0) is 17.6 Å². The van der Waals surface area contributed by atoms with E-state index in [0.717, 1.165) is 12.1 Å². The van der Waals surface area contributed by atoms with Gasteiger partial charge >= 0.3 is 12.1 Å². The van der Waals surface area contributed by atoms with Gasteiger partial charge in [-0.3, -0.25) is 9.59 Å². The first kappa shape index (κ1) is 24.0. The molecule has 0 aliphatic rings. The van der Waals surface area contributed by atoms with E-state index in [2.05, 4.69) is 4.98 Å². The van der Waals surface area contributed by atoms with Crippen LogP contribution in [-0.4, -0.2) is 21.8 Å². The van der Waals surface area contributed by atoms with Gasteiger partial charge in [-0.25, -0.2) is 4.39 Å². The van der Waals surface area contributed by atoms with Gasteiger partial charge in [-0.1, -0.05) is 24.3 Å². The fourth-order valence-corrected chi connectivity index (χ4v) is 3.77. The summed E-state index contributed by atoms with van der Waals surface area (Å²) in [6.45, 7) is -0.0831. The number of Topliss-reactive ketones (excluding diaryl/α,β-unsaturated/α-hetero) is 1. The molecule has 1 aromatic heterocycles. The van der Waals surface area contributed by atoms with E-state index in [1.807, 2.05) is 0 Å². The van der Waals surface area contributed by atoms with Gasteiger partial charge in [-0.15, -0.1) is 0 Å². The number of nitrogens with one attached hydrogen (secondary N) is 1. The molecule has 1 heterocycles. The van der Waals surface area contributed by atoms with Crippen LogP contribution in [0.25, 0.3) is 22.0 Å². The average Bonchev–Trinajstić information content (AvgIpc) is 3.24. The molecule has 180 valence electrons. The summed E-state index contributed by atoms with van der Waals surface area (Å²) < 4.78 is 60.9. The summed E-state index contributed by atoms with van der Waals surface area (Å²) in [6, 6.07) is 13.6. The third-order valence-electron chi connectivity index (χ3n) is 5.48. The summed E-state index contributed by atoms with van der Waals surface area (Å²) in [4.78, 5) is 26.1. The number of H-pyrrole nitrogens is 1. The molecule has 0 amide bonds. The second kappa shape index (κ2) is 9.61. The van der Waals surface area contributed by atoms with Gasteiger partial charge in [0.05, 0.1) is 12.0 Å². The minimum absolute atomic E-state index is 0.0515. The van der Waals surface area contributed by atoms with Crippen molar-refractivity contribution in [2.24, 2.45) is 0 Å². The molecule has 3 aromatic carbocycles. The van der Waals surface area contributed by atoms with Crippen molar-refractivity contribution < 1.29 is 37.0 Å². The Bertz CT molecular complexity index is 1410. The molecule has 4 aromatic rings. The Morgan fingerprint density at radius 2 is 1.71 bits per heavy atom. The number of carbonyl (C=O) groups is 2. The average molecular weight is 485 g/mol. The zero-order chi connectivity index (χ0) is 25.2. The second-order valence-corrected chi connectivity index (χ2v) is 7.87. The number of ether oxygens (including phenoxy) is 1.